The van der Waals surface area contributed by atoms with Gasteiger partial charge in [0.05, 0.1) is 0 Å². The molecule has 1 unspecified atom stereocenters. The Labute approximate surface area is 250 Å². The summed E-state index contributed by atoms with van der Waals surface area (Å²) in [5, 5.41) is 10.4. The fourth-order valence-electron chi connectivity index (χ4n) is 7.55. The van der Waals surface area contributed by atoms with Crippen LogP contribution in [0.1, 0.15) is 34.6 Å². The first-order chi connectivity index (χ1) is 21.1. The van der Waals surface area contributed by atoms with Crippen molar-refractivity contribution in [3.05, 3.63) is 150 Å². The Kier molecular flexibility index (Phi) is 5.22. The van der Waals surface area contributed by atoms with Crippen LogP contribution < -0.4 is 0 Å². The highest BCUT2D eigenvalue weighted by Crippen LogP contribution is 2.44. The van der Waals surface area contributed by atoms with E-state index < -0.39 is 0 Å². The molecule has 0 bridgehead atoms. The smallest absolute Gasteiger partial charge is 0.143 e. The van der Waals surface area contributed by atoms with Gasteiger partial charge in [-0.15, -0.1) is 0 Å². The highest BCUT2D eigenvalue weighted by atomic mass is 16.3. The van der Waals surface area contributed by atoms with Crippen molar-refractivity contribution in [2.24, 2.45) is 0 Å². The fourth-order valence-corrected chi connectivity index (χ4v) is 7.55. The summed E-state index contributed by atoms with van der Waals surface area (Å²) in [5.41, 5.74) is 10.9. The van der Waals surface area contributed by atoms with Gasteiger partial charge in [0.25, 0.3) is 0 Å². The normalized spacial score (nSPS) is 15.4. The Balaban J connectivity index is 1.15. The minimum atomic E-state index is 0.321. The van der Waals surface area contributed by atoms with E-state index in [0.29, 0.717) is 5.92 Å². The van der Waals surface area contributed by atoms with Crippen LogP contribution in [-0.2, 0) is 0 Å². The summed E-state index contributed by atoms with van der Waals surface area (Å²) in [5.74, 6) is 0.321. The summed E-state index contributed by atoms with van der Waals surface area (Å²) in [6.07, 6.45) is 8.04. The molecule has 1 atom stereocenters. The number of aryl methyl sites for hydroxylation is 2. The Hall–Kier alpha value is -5.14. The van der Waals surface area contributed by atoms with E-state index in [1.165, 1.54) is 76.5 Å². The summed E-state index contributed by atoms with van der Waals surface area (Å²) in [7, 11) is 0. The highest BCUT2D eigenvalue weighted by molar-refractivity contribution is 6.26. The van der Waals surface area contributed by atoms with Crippen LogP contribution in [0, 0.1) is 13.8 Å². The second kappa shape index (κ2) is 9.18. The molecular formula is C42H30O. The van der Waals surface area contributed by atoms with Crippen molar-refractivity contribution in [3.63, 3.8) is 0 Å². The van der Waals surface area contributed by atoms with Gasteiger partial charge in [0.15, 0.2) is 0 Å². The van der Waals surface area contributed by atoms with Crippen LogP contribution in [0.15, 0.2) is 132 Å². The van der Waals surface area contributed by atoms with Gasteiger partial charge in [0.1, 0.15) is 11.2 Å². The molecule has 204 valence electrons. The van der Waals surface area contributed by atoms with Crippen molar-refractivity contribution in [3.8, 4) is 11.1 Å². The molecule has 0 aliphatic heterocycles. The van der Waals surface area contributed by atoms with Gasteiger partial charge in [-0.3, -0.25) is 0 Å². The zero-order chi connectivity index (χ0) is 28.7. The van der Waals surface area contributed by atoms with Crippen molar-refractivity contribution in [1.29, 1.82) is 0 Å². The van der Waals surface area contributed by atoms with E-state index in [1.54, 1.807) is 0 Å². The third-order valence-corrected chi connectivity index (χ3v) is 9.45. The molecule has 8 aromatic rings. The lowest BCUT2D eigenvalue weighted by Crippen LogP contribution is -2.00. The van der Waals surface area contributed by atoms with Crippen LogP contribution in [0.25, 0.3) is 71.0 Å². The third kappa shape index (κ3) is 3.71. The second-order valence-corrected chi connectivity index (χ2v) is 12.2. The average molecular weight is 551 g/mol. The Morgan fingerprint density at radius 2 is 1.33 bits per heavy atom. The first kappa shape index (κ1) is 24.5. The molecule has 1 nitrogen and oxygen atoms in total. The van der Waals surface area contributed by atoms with Crippen molar-refractivity contribution >= 4 is 59.8 Å². The van der Waals surface area contributed by atoms with Crippen LogP contribution in [-0.4, -0.2) is 0 Å². The lowest BCUT2D eigenvalue weighted by atomic mass is 9.82. The van der Waals surface area contributed by atoms with Crippen molar-refractivity contribution in [2.75, 3.05) is 0 Å². The number of furan rings is 1. The number of hydrogen-bond donors (Lipinski definition) is 0. The maximum atomic E-state index is 6.35. The summed E-state index contributed by atoms with van der Waals surface area (Å²) in [4.78, 5) is 0. The van der Waals surface area contributed by atoms with E-state index in [0.717, 1.165) is 23.2 Å². The zero-order valence-electron chi connectivity index (χ0n) is 24.3. The van der Waals surface area contributed by atoms with E-state index in [1.807, 2.05) is 6.07 Å². The third-order valence-electron chi connectivity index (χ3n) is 9.45. The van der Waals surface area contributed by atoms with Gasteiger partial charge in [0.2, 0.25) is 0 Å². The van der Waals surface area contributed by atoms with Crippen LogP contribution in [0.2, 0.25) is 0 Å². The second-order valence-electron chi connectivity index (χ2n) is 12.2. The number of rotatable bonds is 3. The van der Waals surface area contributed by atoms with Crippen LogP contribution in [0.4, 0.5) is 0 Å². The van der Waals surface area contributed by atoms with E-state index in [4.69, 9.17) is 4.42 Å². The average Bonchev–Trinajstić information content (AvgIpc) is 3.42. The molecule has 1 heterocycles. The summed E-state index contributed by atoms with van der Waals surface area (Å²) < 4.78 is 6.35. The molecule has 0 saturated carbocycles. The maximum Gasteiger partial charge on any atom is 0.143 e. The van der Waals surface area contributed by atoms with Crippen LogP contribution in [0.5, 0.6) is 0 Å². The largest absolute Gasteiger partial charge is 0.455 e. The minimum absolute atomic E-state index is 0.321. The number of para-hydroxylation sites is 2. The molecule has 9 rings (SSSR count). The standard InChI is InChI=1S/C42H30O/c1-25-22-26(2)24-31(23-25)33-19-15-30-16-20-36-32(18-14-29-17-21-37(33)41(30)40(29)36)27-10-12-28(13-11-27)34-7-5-8-38-35-6-3-4-9-39(35)43-42(34)38/h3-10,12-24,27H,11H2,1-2H3. The first-order valence-electron chi connectivity index (χ1n) is 15.2. The van der Waals surface area contributed by atoms with E-state index >= 15 is 0 Å². The summed E-state index contributed by atoms with van der Waals surface area (Å²) >= 11 is 0. The Morgan fingerprint density at radius 1 is 0.605 bits per heavy atom. The predicted octanol–water partition coefficient (Wildman–Crippen LogP) is 11.9. The lowest BCUT2D eigenvalue weighted by Gasteiger charge is -2.21. The van der Waals surface area contributed by atoms with Crippen molar-refractivity contribution < 1.29 is 4.42 Å². The van der Waals surface area contributed by atoms with Crippen LogP contribution >= 0.6 is 0 Å². The van der Waals surface area contributed by atoms with Gasteiger partial charge in [-0.1, -0.05) is 132 Å². The Bertz CT molecular complexity index is 2430. The lowest BCUT2D eigenvalue weighted by molar-refractivity contribution is 0.667. The Morgan fingerprint density at radius 3 is 2.14 bits per heavy atom. The molecule has 0 N–H and O–H groups in total. The number of fused-ring (bicyclic) bond motifs is 3. The minimum Gasteiger partial charge on any atom is -0.455 e. The number of benzene rings is 7. The molecule has 1 heteroatoms. The molecular weight excluding hydrogens is 520 g/mol. The summed E-state index contributed by atoms with van der Waals surface area (Å²) in [6, 6.07) is 40.2. The molecule has 0 saturated heterocycles. The van der Waals surface area contributed by atoms with E-state index in [9.17, 15) is 0 Å². The molecule has 0 fully saturated rings. The maximum absolute atomic E-state index is 6.35. The molecule has 43 heavy (non-hydrogen) atoms. The molecule has 1 aliphatic rings. The van der Waals surface area contributed by atoms with Gasteiger partial charge >= 0.3 is 0 Å². The van der Waals surface area contributed by atoms with Crippen LogP contribution in [0.3, 0.4) is 0 Å². The van der Waals surface area contributed by atoms with Gasteiger partial charge in [-0.05, 0) is 80.9 Å². The number of allylic oxidation sites excluding steroid dienone is 4. The number of hydrogen-bond acceptors (Lipinski definition) is 1. The molecule has 1 aliphatic carbocycles. The first-order valence-corrected chi connectivity index (χ1v) is 15.2. The monoisotopic (exact) mass is 550 g/mol. The molecule has 0 amide bonds. The molecule has 0 radical (unpaired) electrons. The zero-order valence-corrected chi connectivity index (χ0v) is 24.3. The van der Waals surface area contributed by atoms with E-state index in [-0.39, 0.29) is 0 Å². The van der Waals surface area contributed by atoms with Crippen molar-refractivity contribution in [1.82, 2.24) is 0 Å². The highest BCUT2D eigenvalue weighted by Gasteiger charge is 2.20. The van der Waals surface area contributed by atoms with Gasteiger partial charge in [-0.25, -0.2) is 0 Å². The van der Waals surface area contributed by atoms with Gasteiger partial charge < -0.3 is 4.42 Å². The predicted molar refractivity (Wildman–Crippen MR) is 183 cm³/mol. The SMILES string of the molecule is Cc1cc(C)cc(-c2ccc3ccc4c(C5C=CC(c6cccc7c6oc6ccccc67)=CC5)ccc5ccc2c3c54)c1. The topological polar surface area (TPSA) is 13.1 Å². The molecule has 0 spiro atoms. The fraction of sp³-hybridized carbons (Fsp3) is 0.0952. The molecule has 7 aromatic carbocycles. The van der Waals surface area contributed by atoms with Gasteiger partial charge in [-0.2, -0.15) is 0 Å². The van der Waals surface area contributed by atoms with Gasteiger partial charge in [0, 0.05) is 22.3 Å². The molecule has 1 aromatic heterocycles. The summed E-state index contributed by atoms with van der Waals surface area (Å²) in [6.45, 7) is 4.38. The quantitative estimate of drug-likeness (QED) is 0.199. The van der Waals surface area contributed by atoms with Crippen molar-refractivity contribution in [2.45, 2.75) is 26.2 Å². The van der Waals surface area contributed by atoms with E-state index in [2.05, 4.69) is 135 Å².